The SMILES string of the molecule is CN1CCCC(C(=O)Nc2ccc(F)cc2)(C(=O)Nc2ccc(F)cc2)C1=O. The lowest BCUT2D eigenvalue weighted by molar-refractivity contribution is -0.156. The number of nitrogens with one attached hydrogen (secondary N) is 2. The number of hydrogen-bond acceptors (Lipinski definition) is 3. The molecular weight excluding hydrogens is 368 g/mol. The number of carbonyl (C=O) groups is 3. The lowest BCUT2D eigenvalue weighted by atomic mass is 9.77. The predicted molar refractivity (Wildman–Crippen MR) is 99.4 cm³/mol. The van der Waals surface area contributed by atoms with Crippen LogP contribution in [0.1, 0.15) is 12.8 Å². The standard InChI is InChI=1S/C20H19F2N3O3/c1-25-12-2-11-20(19(25)28,17(26)23-15-7-3-13(21)4-8-15)18(27)24-16-9-5-14(22)6-10-16/h3-10H,2,11-12H2,1H3,(H,23,26)(H,24,27). The highest BCUT2D eigenvalue weighted by Crippen LogP contribution is 2.34. The van der Waals surface area contributed by atoms with Gasteiger partial charge in [-0.1, -0.05) is 0 Å². The largest absolute Gasteiger partial charge is 0.344 e. The lowest BCUT2D eigenvalue weighted by Gasteiger charge is -2.37. The van der Waals surface area contributed by atoms with Crippen LogP contribution in [0, 0.1) is 17.0 Å². The number of halogens is 2. The van der Waals surface area contributed by atoms with Crippen LogP contribution in [0.5, 0.6) is 0 Å². The first-order chi connectivity index (χ1) is 13.3. The number of amides is 3. The van der Waals surface area contributed by atoms with Crippen molar-refractivity contribution in [2.75, 3.05) is 24.2 Å². The fourth-order valence-corrected chi connectivity index (χ4v) is 3.18. The molecule has 0 spiro atoms. The summed E-state index contributed by atoms with van der Waals surface area (Å²) >= 11 is 0. The lowest BCUT2D eigenvalue weighted by Crippen LogP contribution is -2.59. The maximum absolute atomic E-state index is 13.1. The second kappa shape index (κ2) is 7.75. The second-order valence-corrected chi connectivity index (χ2v) is 6.66. The number of likely N-dealkylation sites (tertiary alicyclic amines) is 1. The molecule has 1 fully saturated rings. The number of benzene rings is 2. The van der Waals surface area contributed by atoms with Crippen LogP contribution in [-0.4, -0.2) is 36.2 Å². The summed E-state index contributed by atoms with van der Waals surface area (Å²) in [4.78, 5) is 40.3. The Morgan fingerprint density at radius 1 is 0.893 bits per heavy atom. The van der Waals surface area contributed by atoms with Gasteiger partial charge in [-0.05, 0) is 61.4 Å². The van der Waals surface area contributed by atoms with E-state index < -0.39 is 34.8 Å². The van der Waals surface area contributed by atoms with Crippen LogP contribution >= 0.6 is 0 Å². The van der Waals surface area contributed by atoms with Crippen LogP contribution in [0.4, 0.5) is 20.2 Å². The van der Waals surface area contributed by atoms with Crippen molar-refractivity contribution in [2.24, 2.45) is 5.41 Å². The first kappa shape index (κ1) is 19.5. The summed E-state index contributed by atoms with van der Waals surface area (Å²) in [6.45, 7) is 0.425. The van der Waals surface area contributed by atoms with E-state index in [9.17, 15) is 23.2 Å². The molecule has 0 saturated carbocycles. The molecule has 8 heteroatoms. The molecule has 0 radical (unpaired) electrons. The highest BCUT2D eigenvalue weighted by Gasteiger charge is 2.55. The monoisotopic (exact) mass is 387 g/mol. The van der Waals surface area contributed by atoms with Crippen LogP contribution in [0.25, 0.3) is 0 Å². The van der Waals surface area contributed by atoms with Crippen molar-refractivity contribution in [2.45, 2.75) is 12.8 Å². The third-order valence-corrected chi connectivity index (χ3v) is 4.74. The van der Waals surface area contributed by atoms with Crippen molar-refractivity contribution >= 4 is 29.1 Å². The van der Waals surface area contributed by atoms with E-state index in [1.165, 1.54) is 36.2 Å². The highest BCUT2D eigenvalue weighted by molar-refractivity contribution is 6.28. The van der Waals surface area contributed by atoms with E-state index in [0.29, 0.717) is 13.0 Å². The Kier molecular flexibility index (Phi) is 5.39. The summed E-state index contributed by atoms with van der Waals surface area (Å²) < 4.78 is 26.2. The minimum atomic E-state index is -1.98. The summed E-state index contributed by atoms with van der Waals surface area (Å²) in [5, 5.41) is 5.07. The van der Waals surface area contributed by atoms with E-state index in [0.717, 1.165) is 24.3 Å². The van der Waals surface area contributed by atoms with E-state index in [2.05, 4.69) is 10.6 Å². The molecule has 1 aliphatic rings. The number of piperidine rings is 1. The van der Waals surface area contributed by atoms with Gasteiger partial charge in [0.15, 0.2) is 0 Å². The predicted octanol–water partition coefficient (Wildman–Crippen LogP) is 2.78. The quantitative estimate of drug-likeness (QED) is 0.792. The second-order valence-electron chi connectivity index (χ2n) is 6.66. The molecule has 1 saturated heterocycles. The minimum absolute atomic E-state index is 0.0240. The maximum Gasteiger partial charge on any atom is 0.249 e. The van der Waals surface area contributed by atoms with E-state index in [4.69, 9.17) is 0 Å². The number of carbonyl (C=O) groups excluding carboxylic acids is 3. The number of hydrogen-bond donors (Lipinski definition) is 2. The molecule has 0 aliphatic carbocycles. The molecule has 6 nitrogen and oxygen atoms in total. The van der Waals surface area contributed by atoms with Gasteiger partial charge in [0.2, 0.25) is 23.1 Å². The van der Waals surface area contributed by atoms with Crippen LogP contribution in [0.2, 0.25) is 0 Å². The molecule has 1 heterocycles. The van der Waals surface area contributed by atoms with Gasteiger partial charge in [-0.25, -0.2) is 8.78 Å². The number of nitrogens with zero attached hydrogens (tertiary/aromatic N) is 1. The Morgan fingerprint density at radius 2 is 1.32 bits per heavy atom. The van der Waals surface area contributed by atoms with Crippen molar-refractivity contribution in [1.29, 1.82) is 0 Å². The van der Waals surface area contributed by atoms with Crippen LogP contribution in [-0.2, 0) is 14.4 Å². The molecule has 0 unspecified atom stereocenters. The van der Waals surface area contributed by atoms with Crippen LogP contribution < -0.4 is 10.6 Å². The topological polar surface area (TPSA) is 78.5 Å². The van der Waals surface area contributed by atoms with Crippen molar-refractivity contribution in [3.63, 3.8) is 0 Å². The van der Waals surface area contributed by atoms with Crippen LogP contribution in [0.3, 0.4) is 0 Å². The average Bonchev–Trinajstić information content (AvgIpc) is 2.67. The summed E-state index contributed by atoms with van der Waals surface area (Å²) in [6, 6.07) is 10.0. The highest BCUT2D eigenvalue weighted by atomic mass is 19.1. The smallest absolute Gasteiger partial charge is 0.249 e. The van der Waals surface area contributed by atoms with E-state index in [1.54, 1.807) is 0 Å². The van der Waals surface area contributed by atoms with Gasteiger partial charge in [0, 0.05) is 25.0 Å². The van der Waals surface area contributed by atoms with Crippen LogP contribution in [0.15, 0.2) is 48.5 Å². The van der Waals surface area contributed by atoms with Gasteiger partial charge in [-0.2, -0.15) is 0 Å². The van der Waals surface area contributed by atoms with Gasteiger partial charge >= 0.3 is 0 Å². The fourth-order valence-electron chi connectivity index (χ4n) is 3.18. The molecule has 2 N–H and O–H groups in total. The Labute approximate surface area is 160 Å². The zero-order valence-electron chi connectivity index (χ0n) is 15.2. The first-order valence-electron chi connectivity index (χ1n) is 8.72. The van der Waals surface area contributed by atoms with Gasteiger partial charge in [-0.15, -0.1) is 0 Å². The summed E-state index contributed by atoms with van der Waals surface area (Å²) in [5.74, 6) is -3.17. The summed E-state index contributed by atoms with van der Waals surface area (Å²) in [7, 11) is 1.52. The van der Waals surface area contributed by atoms with Crippen molar-refractivity contribution in [3.05, 3.63) is 60.2 Å². The number of rotatable bonds is 4. The molecule has 0 bridgehead atoms. The first-order valence-corrected chi connectivity index (χ1v) is 8.72. The zero-order chi connectivity index (χ0) is 20.3. The molecule has 3 rings (SSSR count). The molecule has 2 aromatic carbocycles. The third-order valence-electron chi connectivity index (χ3n) is 4.74. The average molecular weight is 387 g/mol. The van der Waals surface area contributed by atoms with Crippen molar-refractivity contribution < 1.29 is 23.2 Å². The Hall–Kier alpha value is -3.29. The van der Waals surface area contributed by atoms with Gasteiger partial charge in [-0.3, -0.25) is 14.4 Å². The van der Waals surface area contributed by atoms with Crippen molar-refractivity contribution in [3.8, 4) is 0 Å². The fraction of sp³-hybridized carbons (Fsp3) is 0.250. The Bertz CT molecular complexity index is 838. The van der Waals surface area contributed by atoms with Gasteiger partial charge in [0.05, 0.1) is 0 Å². The zero-order valence-corrected chi connectivity index (χ0v) is 15.2. The van der Waals surface area contributed by atoms with E-state index in [1.807, 2.05) is 0 Å². The van der Waals surface area contributed by atoms with Crippen molar-refractivity contribution in [1.82, 2.24) is 4.90 Å². The maximum atomic E-state index is 13.1. The third kappa shape index (κ3) is 3.71. The van der Waals surface area contributed by atoms with Gasteiger partial charge in [0.1, 0.15) is 11.6 Å². The van der Waals surface area contributed by atoms with Gasteiger partial charge in [0.25, 0.3) is 0 Å². The molecule has 28 heavy (non-hydrogen) atoms. The number of anilines is 2. The molecule has 146 valence electrons. The molecule has 1 aliphatic heterocycles. The van der Waals surface area contributed by atoms with E-state index >= 15 is 0 Å². The Morgan fingerprint density at radius 3 is 1.75 bits per heavy atom. The Balaban J connectivity index is 1.91. The normalized spacial score (nSPS) is 15.8. The summed E-state index contributed by atoms with van der Waals surface area (Å²) in [6.07, 6.45) is 0.478. The summed E-state index contributed by atoms with van der Waals surface area (Å²) in [5.41, 5.74) is -1.45. The molecule has 3 amide bonds. The molecular formula is C20H19F2N3O3. The molecule has 2 aromatic rings. The molecule has 0 aromatic heterocycles. The molecule has 0 atom stereocenters. The minimum Gasteiger partial charge on any atom is -0.344 e. The van der Waals surface area contributed by atoms with Gasteiger partial charge < -0.3 is 15.5 Å². The van der Waals surface area contributed by atoms with E-state index in [-0.39, 0.29) is 17.8 Å².